The van der Waals surface area contributed by atoms with Gasteiger partial charge in [0.15, 0.2) is 42.0 Å². The lowest BCUT2D eigenvalue weighted by Crippen LogP contribution is -2.08. The van der Waals surface area contributed by atoms with Crippen LogP contribution in [0, 0.1) is 90.0 Å². The summed E-state index contributed by atoms with van der Waals surface area (Å²) in [5.41, 5.74) is 12.6. The zero-order valence-electron chi connectivity index (χ0n) is 67.9. The summed E-state index contributed by atoms with van der Waals surface area (Å²) in [7, 11) is 3.81. The van der Waals surface area contributed by atoms with E-state index < -0.39 is 0 Å². The van der Waals surface area contributed by atoms with Crippen molar-refractivity contribution in [2.45, 2.75) is 200 Å². The quantitative estimate of drug-likeness (QED) is 0.0293. The highest BCUT2D eigenvalue weighted by Gasteiger charge is 2.13. The zero-order chi connectivity index (χ0) is 84.8. The molecule has 0 unspecified atom stereocenters. The van der Waals surface area contributed by atoms with Crippen LogP contribution in [0.4, 0.5) is 0 Å². The van der Waals surface area contributed by atoms with Gasteiger partial charge in [-0.1, -0.05) is 93.9 Å². The number of halogens is 1. The van der Waals surface area contributed by atoms with Gasteiger partial charge in [-0.3, -0.25) is 28.7 Å². The number of nitrogens with one attached hydrogen (secondary N) is 5. The Hall–Kier alpha value is -9.39. The molecular formula is C76H92ClN25O6S9. The molecule has 0 aliphatic rings. The van der Waals surface area contributed by atoms with Crippen molar-refractivity contribution in [3.8, 4) is 0 Å². The number of hydrogen-bond acceptors (Lipinski definition) is 31. The normalized spacial score (nSPS) is 10.8. The van der Waals surface area contributed by atoms with Crippen LogP contribution in [0.2, 0.25) is 5.15 Å². The monoisotopic (exact) mass is 1770 g/mol. The van der Waals surface area contributed by atoms with Gasteiger partial charge in [0.05, 0.1) is 47.3 Å². The SMILES string of the molecule is CCn1cncc1CSc1nc(C)cc(=O)[nH]1.Cc1cc(=O)[nH]c(SCc2cnc(C)s2)n1.Cc1cc(=O)[nH]c(SCc2cnn(C)c2C)n1.Cc1cc(=O)[nH]c(SCc2coc(C)n2)n1.Cc1cc(=O)[nH]c(SCc2ncc(C)s2)n1.Cc1cc(C)nc(SCc2cncn2C(C)C)n1.Cc1cc(C)nc(SCc2ncc(Cl)n2C)n1. The van der Waals surface area contributed by atoms with Crippen molar-refractivity contribution in [3.63, 3.8) is 0 Å². The van der Waals surface area contributed by atoms with Gasteiger partial charge in [-0.25, -0.2) is 74.8 Å². The van der Waals surface area contributed by atoms with Crippen LogP contribution in [0.25, 0.3) is 0 Å². The Kier molecular flexibility index (Phi) is 37.1. The zero-order valence-corrected chi connectivity index (χ0v) is 76.0. The Morgan fingerprint density at radius 3 is 1.31 bits per heavy atom. The van der Waals surface area contributed by atoms with Gasteiger partial charge in [-0.2, -0.15) is 5.10 Å². The third kappa shape index (κ3) is 32.8. The molecule has 41 heteroatoms. The van der Waals surface area contributed by atoms with Crippen LogP contribution in [0.15, 0.2) is 163 Å². The molecule has 0 saturated heterocycles. The van der Waals surface area contributed by atoms with Crippen LogP contribution in [0.5, 0.6) is 0 Å². The van der Waals surface area contributed by atoms with Gasteiger partial charge >= 0.3 is 0 Å². The molecular weight excluding hydrogens is 1680 g/mol. The summed E-state index contributed by atoms with van der Waals surface area (Å²) < 4.78 is 13.0. The number of aromatic amines is 5. The first kappa shape index (κ1) is 93.1. The molecule has 14 aromatic heterocycles. The van der Waals surface area contributed by atoms with E-state index in [-0.39, 0.29) is 27.8 Å². The third-order valence-corrected chi connectivity index (χ3v) is 24.2. The number of rotatable bonds is 23. The molecule has 0 radical (unpaired) electrons. The summed E-state index contributed by atoms with van der Waals surface area (Å²) in [6.07, 6.45) is 16.3. The summed E-state index contributed by atoms with van der Waals surface area (Å²) in [5.74, 6) is 6.79. The maximum absolute atomic E-state index is 11.3. The second-order valence-electron chi connectivity index (χ2n) is 25.9. The first-order valence-corrected chi connectivity index (χ1v) is 45.0. The van der Waals surface area contributed by atoms with Crippen LogP contribution in [-0.2, 0) is 60.9 Å². The Bertz CT molecular complexity index is 5560. The molecule has 0 fully saturated rings. The van der Waals surface area contributed by atoms with E-state index in [1.54, 1.807) is 72.5 Å². The molecule has 0 atom stereocenters. The minimum absolute atomic E-state index is 0.101. The third-order valence-electron chi connectivity index (χ3n) is 15.4. The summed E-state index contributed by atoms with van der Waals surface area (Å²) in [6.45, 7) is 32.1. The Labute approximate surface area is 718 Å². The van der Waals surface area contributed by atoms with E-state index in [9.17, 15) is 24.0 Å². The number of imidazole rings is 3. The van der Waals surface area contributed by atoms with Crippen molar-refractivity contribution < 1.29 is 4.42 Å². The molecule has 0 aliphatic carbocycles. The minimum Gasteiger partial charge on any atom is -0.449 e. The largest absolute Gasteiger partial charge is 0.449 e. The molecule has 117 heavy (non-hydrogen) atoms. The lowest BCUT2D eigenvalue weighted by Gasteiger charge is -2.11. The molecule has 5 N–H and O–H groups in total. The van der Waals surface area contributed by atoms with Crippen molar-refractivity contribution in [2.24, 2.45) is 14.1 Å². The maximum Gasteiger partial charge on any atom is 0.251 e. The Morgan fingerprint density at radius 2 is 0.897 bits per heavy atom. The lowest BCUT2D eigenvalue weighted by atomic mass is 10.3. The predicted molar refractivity (Wildman–Crippen MR) is 470 cm³/mol. The van der Waals surface area contributed by atoms with Crippen LogP contribution in [0.1, 0.15) is 138 Å². The van der Waals surface area contributed by atoms with Crippen LogP contribution in [0.3, 0.4) is 0 Å². The van der Waals surface area contributed by atoms with E-state index in [0.717, 1.165) is 130 Å². The lowest BCUT2D eigenvalue weighted by molar-refractivity contribution is 0.521. The number of thiazole rings is 2. The number of nitrogens with zero attached hydrogens (tertiary/aromatic N) is 20. The molecule has 0 aliphatic heterocycles. The molecule has 0 aromatic carbocycles. The number of H-pyrrole nitrogens is 5. The van der Waals surface area contributed by atoms with Gasteiger partial charge < -0.3 is 43.0 Å². The van der Waals surface area contributed by atoms with Gasteiger partial charge in [0.1, 0.15) is 22.2 Å². The number of oxazole rings is 1. The average Bonchev–Trinajstić information content (AvgIpc) is 1.74. The minimum atomic E-state index is -0.133. The first-order chi connectivity index (χ1) is 55.8. The predicted octanol–water partition coefficient (Wildman–Crippen LogP) is 14.9. The van der Waals surface area contributed by atoms with Crippen LogP contribution < -0.4 is 27.8 Å². The number of thioether (sulfide) groups is 7. The maximum atomic E-state index is 11.3. The second kappa shape index (κ2) is 46.7. The standard InChI is InChI=1S/C13H18N4S.C11H13ClN4S.2C11H14N4OS.C10H11N3O2S.2C10H11N3OS2/c1-9(2)17-8-14-6-12(17)7-18-13-15-10(3)5-11(4)16-13;1-7-4-8(2)15-11(14-7)17-6-10-13-5-9(12)16(10)3;1-7-4-10(16)14-11(13-7)17-6-9-5-12-15(3)8(9)2;1-3-15-7-12-5-9(15)6-17-11-13-8(2)4-10(16)14-11;1-6-3-9(14)13-10(11-6)16-5-8-4-15-7(2)12-8;1-6-3-9(14)13-10(12-6)15-5-8-4-11-7(2)16-8;1-6-3-8(14)13-10(12-6)15-5-9-11-4-7(2)16-9/h5-6,8-9H,7H2,1-4H3;4-5H,6H2,1-3H3;4-5H,6H2,1-3H3,(H,13,14,16);4-5,7H,3,6H2,1-2H3,(H,13,14,16);3-4H,5H2,1-2H3,(H,11,13,14);2*3-4H,5H2,1-2H3,(H,12,13,14). The highest BCUT2D eigenvalue weighted by Crippen LogP contribution is 2.27. The Balaban J connectivity index is 0.000000170. The second-order valence-corrected chi connectivity index (χ2v) is 35.6. The van der Waals surface area contributed by atoms with E-state index in [1.807, 2.05) is 155 Å². The summed E-state index contributed by atoms with van der Waals surface area (Å²) in [5, 5.41) is 11.8. The van der Waals surface area contributed by atoms with Crippen molar-refractivity contribution in [1.29, 1.82) is 0 Å². The van der Waals surface area contributed by atoms with Crippen LogP contribution in [-0.4, -0.2) is 123 Å². The topological polar surface area (TPSA) is 403 Å². The molecule has 618 valence electrons. The molecule has 0 saturated carbocycles. The fourth-order valence-electron chi connectivity index (χ4n) is 9.90. The number of aryl methyl sites for hydroxylation is 14. The molecule has 0 amide bonds. The summed E-state index contributed by atoms with van der Waals surface area (Å²) in [4.78, 5) is 136. The molecule has 0 spiro atoms. The fraction of sp³-hybridized carbons (Fsp3) is 0.355. The van der Waals surface area contributed by atoms with E-state index in [0.29, 0.717) is 60.1 Å². The molecule has 14 heterocycles. The number of hydrogen-bond donors (Lipinski definition) is 5. The molecule has 14 rings (SSSR count). The number of aromatic nitrogens is 25. The molecule has 0 bridgehead atoms. The van der Waals surface area contributed by atoms with Gasteiger partial charge in [0, 0.05) is 201 Å². The van der Waals surface area contributed by atoms with Crippen molar-refractivity contribution in [2.75, 3.05) is 0 Å². The van der Waals surface area contributed by atoms with Crippen LogP contribution >= 0.6 is 117 Å². The van der Waals surface area contributed by atoms with Gasteiger partial charge in [-0.05, 0) is 116 Å². The first-order valence-electron chi connectivity index (χ1n) is 36.1. The Morgan fingerprint density at radius 1 is 0.453 bits per heavy atom. The van der Waals surface area contributed by atoms with E-state index in [2.05, 4.69) is 135 Å². The fourth-order valence-corrected chi connectivity index (χ4v) is 18.0. The molecule has 14 aromatic rings. The highest BCUT2D eigenvalue weighted by molar-refractivity contribution is 7.99. The summed E-state index contributed by atoms with van der Waals surface area (Å²) in [6, 6.07) is 11.8. The van der Waals surface area contributed by atoms with Crippen molar-refractivity contribution in [3.05, 3.63) is 267 Å². The average molecular weight is 1780 g/mol. The smallest absolute Gasteiger partial charge is 0.251 e. The van der Waals surface area contributed by atoms with Gasteiger partial charge in [0.2, 0.25) is 0 Å². The molecule has 31 nitrogen and oxygen atoms in total. The van der Waals surface area contributed by atoms with E-state index in [4.69, 9.17) is 16.0 Å². The van der Waals surface area contributed by atoms with Gasteiger partial charge in [0.25, 0.3) is 27.8 Å². The van der Waals surface area contributed by atoms with Gasteiger partial charge in [-0.15, -0.1) is 22.7 Å². The summed E-state index contributed by atoms with van der Waals surface area (Å²) >= 11 is 19.9. The van der Waals surface area contributed by atoms with Crippen molar-refractivity contribution >= 4 is 117 Å². The van der Waals surface area contributed by atoms with E-state index >= 15 is 0 Å². The van der Waals surface area contributed by atoms with Crippen molar-refractivity contribution in [1.82, 2.24) is 123 Å². The van der Waals surface area contributed by atoms with E-state index in [1.165, 1.54) is 105 Å². The highest BCUT2D eigenvalue weighted by atomic mass is 35.5.